The van der Waals surface area contributed by atoms with E-state index < -0.39 is 34.5 Å². The number of halogens is 4. The minimum Gasteiger partial charge on any atom is -0.495 e. The van der Waals surface area contributed by atoms with Crippen molar-refractivity contribution in [3.63, 3.8) is 0 Å². The van der Waals surface area contributed by atoms with Crippen LogP contribution in [0.3, 0.4) is 0 Å². The molecule has 0 saturated carbocycles. The maximum Gasteiger partial charge on any atom is 0.393 e. The van der Waals surface area contributed by atoms with Crippen LogP contribution in [0.1, 0.15) is 16.9 Å². The smallest absolute Gasteiger partial charge is 0.393 e. The van der Waals surface area contributed by atoms with Crippen molar-refractivity contribution < 1.29 is 31.2 Å². The van der Waals surface area contributed by atoms with Gasteiger partial charge in [-0.25, -0.2) is 13.4 Å². The Morgan fingerprint density at radius 2 is 2.02 bits per heavy atom. The minimum atomic E-state index is -4.43. The lowest BCUT2D eigenvalue weighted by Crippen LogP contribution is -2.46. The first-order valence-electron chi connectivity index (χ1n) is 13.4. The molecule has 5 rings (SSSR count). The van der Waals surface area contributed by atoms with Crippen molar-refractivity contribution in [3.8, 4) is 17.6 Å². The van der Waals surface area contributed by atoms with Gasteiger partial charge in [0.05, 0.1) is 80.2 Å². The summed E-state index contributed by atoms with van der Waals surface area (Å²) in [6, 6.07) is 9.47. The van der Waals surface area contributed by atoms with Crippen LogP contribution in [0.25, 0.3) is 10.1 Å². The maximum absolute atomic E-state index is 14.7. The Hall–Kier alpha value is -3.05. The quantitative estimate of drug-likeness (QED) is 0.219. The summed E-state index contributed by atoms with van der Waals surface area (Å²) in [7, 11) is 0.272. The third-order valence-corrected chi connectivity index (χ3v) is 10.8. The number of likely N-dealkylation sites (tertiary alicyclic amines) is 1. The summed E-state index contributed by atoms with van der Waals surface area (Å²) < 4.78 is 87.8. The van der Waals surface area contributed by atoms with E-state index in [0.29, 0.717) is 49.9 Å². The number of rotatable bonds is 8. The average molecular weight is 625 g/mol. The summed E-state index contributed by atoms with van der Waals surface area (Å²) in [5.41, 5.74) is 1.26. The summed E-state index contributed by atoms with van der Waals surface area (Å²) >= 11 is 1.17. The zero-order valence-corrected chi connectivity index (χ0v) is 24.8. The van der Waals surface area contributed by atoms with Gasteiger partial charge in [0.15, 0.2) is 0 Å². The predicted molar refractivity (Wildman–Crippen MR) is 158 cm³/mol. The molecule has 1 aromatic heterocycles. The molecule has 2 saturated heterocycles. The molecule has 3 atom stereocenters. The van der Waals surface area contributed by atoms with Crippen LogP contribution >= 0.6 is 11.3 Å². The first-order chi connectivity index (χ1) is 20.0. The number of ether oxygens (including phenoxy) is 2. The predicted octanol–water partition coefficient (Wildman–Crippen LogP) is 5.74. The van der Waals surface area contributed by atoms with E-state index in [1.165, 1.54) is 18.4 Å². The molecule has 0 unspecified atom stereocenters. The average Bonchev–Trinajstić information content (AvgIpc) is 3.23. The lowest BCUT2D eigenvalue weighted by atomic mass is 10.0. The number of alkyl halides is 4. The number of hydrogen-bond acceptors (Lipinski definition) is 8. The summed E-state index contributed by atoms with van der Waals surface area (Å²) in [5, 5.41) is 6.42. The standard InChI is InChI=1S/C29H32F4N4O3S2/c1-37-12-10-23(22(30)15-37)36-25-6-3-5-20-21(14-29(31,32)33)27(41-28(20)25)7-4-11-35-24-9-8-18(13-26(24)39-2)42(34,38)19-16-40-17-19/h3,5-6,8-9,13,19,22-23,34-36H,10-12,14-17H2,1-2H3/t22-,23-,42-/m1/s1. The van der Waals surface area contributed by atoms with Gasteiger partial charge >= 0.3 is 6.18 Å². The number of nitrogens with one attached hydrogen (secondary N) is 3. The fourth-order valence-corrected chi connectivity index (χ4v) is 7.73. The molecule has 0 spiro atoms. The molecule has 2 aromatic carbocycles. The van der Waals surface area contributed by atoms with E-state index in [1.54, 1.807) is 36.4 Å². The third kappa shape index (κ3) is 6.62. The number of nitrogens with zero attached hydrogens (tertiary/aromatic N) is 1. The van der Waals surface area contributed by atoms with Crippen molar-refractivity contribution in [2.24, 2.45) is 0 Å². The van der Waals surface area contributed by atoms with Crippen LogP contribution in [-0.4, -0.2) is 79.8 Å². The second-order valence-electron chi connectivity index (χ2n) is 10.5. The van der Waals surface area contributed by atoms with Gasteiger partial charge in [0.25, 0.3) is 0 Å². The molecular weight excluding hydrogens is 592 g/mol. The summed E-state index contributed by atoms with van der Waals surface area (Å²) in [6.45, 7) is 1.69. The third-order valence-electron chi connectivity index (χ3n) is 7.45. The molecule has 3 heterocycles. The van der Waals surface area contributed by atoms with Gasteiger partial charge < -0.3 is 25.0 Å². The molecule has 2 aliphatic rings. The van der Waals surface area contributed by atoms with Gasteiger partial charge in [0, 0.05) is 13.1 Å². The monoisotopic (exact) mass is 624 g/mol. The SMILES string of the molecule is COc1cc([S@@](=N)(=O)C2COC2)ccc1NCC#Cc1sc2c(N[C@@H]3CCN(C)C[C@H]3F)cccc2c1CC(F)(F)F. The molecule has 3 aromatic rings. The van der Waals surface area contributed by atoms with Crippen molar-refractivity contribution in [1.82, 2.24) is 4.90 Å². The molecule has 0 amide bonds. The van der Waals surface area contributed by atoms with Gasteiger partial charge in [0.2, 0.25) is 0 Å². The molecular formula is C29H32F4N4O3S2. The van der Waals surface area contributed by atoms with Crippen molar-refractivity contribution in [2.45, 2.75) is 41.4 Å². The van der Waals surface area contributed by atoms with E-state index >= 15 is 0 Å². The molecule has 226 valence electrons. The van der Waals surface area contributed by atoms with Gasteiger partial charge in [0.1, 0.15) is 11.9 Å². The molecule has 13 heteroatoms. The highest BCUT2D eigenvalue weighted by Crippen LogP contribution is 2.39. The summed E-state index contributed by atoms with van der Waals surface area (Å²) in [5.74, 6) is 6.20. The Kier molecular flexibility index (Phi) is 8.89. The number of thiophene rings is 1. The van der Waals surface area contributed by atoms with E-state index in [2.05, 4.69) is 22.5 Å². The normalized spacial score (nSPS) is 21.2. The van der Waals surface area contributed by atoms with Crippen LogP contribution in [0.4, 0.5) is 28.9 Å². The van der Waals surface area contributed by atoms with Crippen LogP contribution < -0.4 is 15.4 Å². The molecule has 0 aliphatic carbocycles. The van der Waals surface area contributed by atoms with Gasteiger partial charge in [-0.1, -0.05) is 24.0 Å². The Balaban J connectivity index is 1.37. The van der Waals surface area contributed by atoms with Crippen molar-refractivity contribution >= 4 is 42.5 Å². The van der Waals surface area contributed by atoms with Crippen molar-refractivity contribution in [1.29, 1.82) is 4.78 Å². The molecule has 42 heavy (non-hydrogen) atoms. The maximum atomic E-state index is 14.7. The van der Waals surface area contributed by atoms with Gasteiger partial charge in [-0.3, -0.25) is 0 Å². The van der Waals surface area contributed by atoms with E-state index in [0.717, 1.165) is 6.54 Å². The lowest BCUT2D eigenvalue weighted by Gasteiger charge is -2.33. The number of benzene rings is 2. The van der Waals surface area contributed by atoms with E-state index in [1.807, 2.05) is 11.9 Å². The Morgan fingerprint density at radius 1 is 1.24 bits per heavy atom. The number of anilines is 2. The fraction of sp³-hybridized carbons (Fsp3) is 0.448. The highest BCUT2D eigenvalue weighted by atomic mass is 32.2. The molecule has 0 radical (unpaired) electrons. The second-order valence-corrected chi connectivity index (χ2v) is 13.8. The molecule has 7 nitrogen and oxygen atoms in total. The van der Waals surface area contributed by atoms with Crippen LogP contribution in [0, 0.1) is 16.6 Å². The van der Waals surface area contributed by atoms with Crippen molar-refractivity contribution in [3.05, 3.63) is 46.8 Å². The van der Waals surface area contributed by atoms with Gasteiger partial charge in [-0.15, -0.1) is 11.3 Å². The molecule has 2 fully saturated rings. The zero-order valence-electron chi connectivity index (χ0n) is 23.1. The molecule has 2 aliphatic heterocycles. The van der Waals surface area contributed by atoms with Crippen LogP contribution in [-0.2, 0) is 20.9 Å². The van der Waals surface area contributed by atoms with Crippen LogP contribution in [0.15, 0.2) is 41.3 Å². The van der Waals surface area contributed by atoms with E-state index in [9.17, 15) is 21.8 Å². The number of hydrogen-bond donors (Lipinski definition) is 3. The van der Waals surface area contributed by atoms with Crippen LogP contribution in [0.2, 0.25) is 0 Å². The second kappa shape index (κ2) is 12.3. The fourth-order valence-electron chi connectivity index (χ4n) is 5.05. The first kappa shape index (κ1) is 30.4. The Labute approximate surface area is 246 Å². The number of piperidine rings is 1. The largest absolute Gasteiger partial charge is 0.495 e. The number of methoxy groups -OCH3 is 1. The minimum absolute atomic E-state index is 0.103. The molecule has 0 bridgehead atoms. The first-order valence-corrected chi connectivity index (χ1v) is 15.9. The Morgan fingerprint density at radius 3 is 2.69 bits per heavy atom. The lowest BCUT2D eigenvalue weighted by molar-refractivity contribution is -0.126. The summed E-state index contributed by atoms with van der Waals surface area (Å²) in [6.07, 6.45) is -6.06. The van der Waals surface area contributed by atoms with Gasteiger partial charge in [-0.05, 0) is 48.7 Å². The zero-order chi connectivity index (χ0) is 30.1. The van der Waals surface area contributed by atoms with Gasteiger partial charge in [-0.2, -0.15) is 13.2 Å². The number of fused-ring (bicyclic) bond motifs is 1. The topological polar surface area (TPSA) is 86.7 Å². The van der Waals surface area contributed by atoms with E-state index in [-0.39, 0.29) is 30.6 Å². The molecule has 3 N–H and O–H groups in total. The highest BCUT2D eigenvalue weighted by Gasteiger charge is 2.33. The summed E-state index contributed by atoms with van der Waals surface area (Å²) in [4.78, 5) is 2.56. The van der Waals surface area contributed by atoms with E-state index in [4.69, 9.17) is 14.3 Å². The highest BCUT2D eigenvalue weighted by molar-refractivity contribution is 7.93. The van der Waals surface area contributed by atoms with Crippen LogP contribution in [0.5, 0.6) is 5.75 Å². The Bertz CT molecular complexity index is 1610. The van der Waals surface area contributed by atoms with Crippen molar-refractivity contribution in [2.75, 3.05) is 57.6 Å².